The Morgan fingerprint density at radius 3 is 1.08 bits per heavy atom. The Labute approximate surface area is 151 Å². The summed E-state index contributed by atoms with van der Waals surface area (Å²) in [6.45, 7) is 18.4. The van der Waals surface area contributed by atoms with Crippen LogP contribution in [0.4, 0.5) is 0 Å². The molecule has 0 radical (unpaired) electrons. The van der Waals surface area contributed by atoms with Crippen molar-refractivity contribution in [3.8, 4) is 0 Å². The Morgan fingerprint density at radius 1 is 0.583 bits per heavy atom. The lowest BCUT2D eigenvalue weighted by Crippen LogP contribution is -2.42. The van der Waals surface area contributed by atoms with E-state index in [1.165, 1.54) is 0 Å². The van der Waals surface area contributed by atoms with Crippen molar-refractivity contribution in [2.24, 2.45) is 0 Å². The molecule has 0 aromatic heterocycles. The predicted molar refractivity (Wildman–Crippen MR) is 107 cm³/mol. The van der Waals surface area contributed by atoms with Gasteiger partial charge >= 0.3 is 17.1 Å². The second kappa shape index (κ2) is 13.7. The summed E-state index contributed by atoms with van der Waals surface area (Å²) in [5, 5.41) is 0. The molecule has 0 atom stereocenters. The van der Waals surface area contributed by atoms with Gasteiger partial charge in [-0.25, -0.2) is 0 Å². The summed E-state index contributed by atoms with van der Waals surface area (Å²) < 4.78 is 24.0. The van der Waals surface area contributed by atoms with Gasteiger partial charge in [0.2, 0.25) is 0 Å². The quantitative estimate of drug-likeness (QED) is 0.284. The van der Waals surface area contributed by atoms with Crippen molar-refractivity contribution in [1.29, 1.82) is 0 Å². The standard InChI is InChI=1S/C18H36O4Si2/c1-7-15-23(19-9-3,20-10-4)17-13-14-18-24(16-8-2,21-11-5)22-12-6/h7-8,13-14H,1-2,9-12,15-18H2,3-6H3/b14-13+. The molecule has 0 aliphatic rings. The van der Waals surface area contributed by atoms with Crippen LogP contribution in [0.5, 0.6) is 0 Å². The van der Waals surface area contributed by atoms with E-state index >= 15 is 0 Å². The second-order valence-electron chi connectivity index (χ2n) is 5.42. The molecule has 24 heavy (non-hydrogen) atoms. The van der Waals surface area contributed by atoms with Crippen molar-refractivity contribution in [3.63, 3.8) is 0 Å². The predicted octanol–water partition coefficient (Wildman–Crippen LogP) is 4.95. The highest BCUT2D eigenvalue weighted by molar-refractivity contribution is 6.69. The third-order valence-corrected chi connectivity index (χ3v) is 10.4. The highest BCUT2D eigenvalue weighted by Crippen LogP contribution is 2.24. The summed E-state index contributed by atoms with van der Waals surface area (Å²) >= 11 is 0. The molecule has 6 heteroatoms. The van der Waals surface area contributed by atoms with Gasteiger partial charge in [0.15, 0.2) is 0 Å². The number of allylic oxidation sites excluding steroid dienone is 4. The maximum absolute atomic E-state index is 6.01. The van der Waals surface area contributed by atoms with Gasteiger partial charge in [-0.3, -0.25) is 0 Å². The van der Waals surface area contributed by atoms with Gasteiger partial charge in [0, 0.05) is 50.6 Å². The minimum absolute atomic E-state index is 0.668. The molecule has 0 aromatic carbocycles. The van der Waals surface area contributed by atoms with Crippen LogP contribution >= 0.6 is 0 Å². The number of rotatable bonds is 16. The highest BCUT2D eigenvalue weighted by Gasteiger charge is 2.36. The number of hydrogen-bond donors (Lipinski definition) is 0. The third kappa shape index (κ3) is 8.55. The van der Waals surface area contributed by atoms with E-state index in [2.05, 4.69) is 25.3 Å². The Balaban J connectivity index is 4.97. The van der Waals surface area contributed by atoms with Gasteiger partial charge in [-0.05, 0) is 27.7 Å². The monoisotopic (exact) mass is 372 g/mol. The molecule has 0 aliphatic carbocycles. The lowest BCUT2D eigenvalue weighted by molar-refractivity contribution is 0.186. The molecular weight excluding hydrogens is 336 g/mol. The lowest BCUT2D eigenvalue weighted by Gasteiger charge is -2.29. The third-order valence-electron chi connectivity index (χ3n) is 3.56. The Bertz CT molecular complexity index is 326. The molecule has 0 rings (SSSR count). The van der Waals surface area contributed by atoms with Gasteiger partial charge in [-0.15, -0.1) is 13.2 Å². The largest absolute Gasteiger partial charge is 0.394 e. The zero-order valence-corrected chi connectivity index (χ0v) is 18.0. The maximum atomic E-state index is 6.01. The van der Waals surface area contributed by atoms with Crippen LogP contribution in [-0.2, 0) is 17.7 Å². The topological polar surface area (TPSA) is 36.9 Å². The molecule has 0 amide bonds. The van der Waals surface area contributed by atoms with E-state index in [1.807, 2.05) is 39.8 Å². The molecule has 0 spiro atoms. The molecule has 0 saturated carbocycles. The van der Waals surface area contributed by atoms with E-state index in [0.717, 1.165) is 24.2 Å². The van der Waals surface area contributed by atoms with Crippen LogP contribution in [0.25, 0.3) is 0 Å². The summed E-state index contributed by atoms with van der Waals surface area (Å²) in [4.78, 5) is 0. The second-order valence-corrected chi connectivity index (χ2v) is 11.8. The first kappa shape index (κ1) is 23.5. The summed E-state index contributed by atoms with van der Waals surface area (Å²) in [5.41, 5.74) is 0. The van der Waals surface area contributed by atoms with E-state index in [4.69, 9.17) is 17.7 Å². The average Bonchev–Trinajstić information content (AvgIpc) is 2.53. The molecule has 0 bridgehead atoms. The van der Waals surface area contributed by atoms with Crippen LogP contribution in [0.15, 0.2) is 37.5 Å². The van der Waals surface area contributed by atoms with Crippen molar-refractivity contribution in [1.82, 2.24) is 0 Å². The van der Waals surface area contributed by atoms with Crippen LogP contribution in [0, 0.1) is 0 Å². The SMILES string of the molecule is C=CC[Si](C/C=C/C[Si](CC=C)(OCC)OCC)(OCC)OCC. The zero-order valence-electron chi connectivity index (χ0n) is 16.0. The Morgan fingerprint density at radius 2 is 0.875 bits per heavy atom. The first-order chi connectivity index (χ1) is 11.6. The molecule has 0 aromatic rings. The van der Waals surface area contributed by atoms with Crippen molar-refractivity contribution in [2.75, 3.05) is 26.4 Å². The highest BCUT2D eigenvalue weighted by atomic mass is 28.4. The molecule has 0 N–H and O–H groups in total. The zero-order chi connectivity index (χ0) is 18.3. The minimum atomic E-state index is -2.24. The van der Waals surface area contributed by atoms with Gasteiger partial charge in [-0.2, -0.15) is 0 Å². The van der Waals surface area contributed by atoms with Crippen molar-refractivity contribution >= 4 is 17.1 Å². The van der Waals surface area contributed by atoms with Gasteiger partial charge in [0.1, 0.15) is 0 Å². The van der Waals surface area contributed by atoms with Crippen molar-refractivity contribution in [3.05, 3.63) is 37.5 Å². The van der Waals surface area contributed by atoms with Gasteiger partial charge in [0.05, 0.1) is 0 Å². The van der Waals surface area contributed by atoms with E-state index in [-0.39, 0.29) is 0 Å². The van der Waals surface area contributed by atoms with Crippen LogP contribution in [0.1, 0.15) is 27.7 Å². The summed E-state index contributed by atoms with van der Waals surface area (Å²) in [6, 6.07) is 3.23. The molecule has 4 nitrogen and oxygen atoms in total. The fraction of sp³-hybridized carbons (Fsp3) is 0.667. The average molecular weight is 373 g/mol. The van der Waals surface area contributed by atoms with E-state index in [1.54, 1.807) is 0 Å². The fourth-order valence-electron chi connectivity index (χ4n) is 2.74. The van der Waals surface area contributed by atoms with Crippen molar-refractivity contribution in [2.45, 2.75) is 51.9 Å². The summed E-state index contributed by atoms with van der Waals surface area (Å²) in [5.74, 6) is 0. The molecule has 0 saturated heterocycles. The first-order valence-electron chi connectivity index (χ1n) is 9.00. The molecule has 0 heterocycles. The van der Waals surface area contributed by atoms with Crippen LogP contribution in [-0.4, -0.2) is 43.5 Å². The normalized spacial score (nSPS) is 12.7. The fourth-order valence-corrected chi connectivity index (χ4v) is 8.22. The Kier molecular flexibility index (Phi) is 13.5. The van der Waals surface area contributed by atoms with Gasteiger partial charge < -0.3 is 17.7 Å². The first-order valence-corrected chi connectivity index (χ1v) is 13.5. The lowest BCUT2D eigenvalue weighted by atomic mass is 10.6. The Hall–Kier alpha value is -0.506. The van der Waals surface area contributed by atoms with E-state index in [0.29, 0.717) is 26.4 Å². The van der Waals surface area contributed by atoms with Crippen molar-refractivity contribution < 1.29 is 17.7 Å². The molecule has 0 unspecified atom stereocenters. The smallest absolute Gasteiger partial charge is 0.345 e. The molecule has 140 valence electrons. The minimum Gasteiger partial charge on any atom is -0.394 e. The van der Waals surface area contributed by atoms with Gasteiger partial charge in [-0.1, -0.05) is 24.3 Å². The van der Waals surface area contributed by atoms with E-state index < -0.39 is 17.1 Å². The summed E-state index contributed by atoms with van der Waals surface area (Å²) in [6.07, 6.45) is 8.15. The van der Waals surface area contributed by atoms with Crippen LogP contribution in [0.2, 0.25) is 24.2 Å². The summed E-state index contributed by atoms with van der Waals surface area (Å²) in [7, 11) is -4.48. The maximum Gasteiger partial charge on any atom is 0.345 e. The number of hydrogen-bond acceptors (Lipinski definition) is 4. The molecule has 0 fully saturated rings. The van der Waals surface area contributed by atoms with E-state index in [9.17, 15) is 0 Å². The molecular formula is C18H36O4Si2. The van der Waals surface area contributed by atoms with Crippen LogP contribution < -0.4 is 0 Å². The van der Waals surface area contributed by atoms with Crippen LogP contribution in [0.3, 0.4) is 0 Å². The van der Waals surface area contributed by atoms with Gasteiger partial charge in [0.25, 0.3) is 0 Å². The molecule has 0 aliphatic heterocycles.